The zero-order chi connectivity index (χ0) is 16.0. The molecule has 116 valence electrons. The first kappa shape index (κ1) is 17.0. The molecular weight excluding hydrogens is 270 g/mol. The summed E-state index contributed by atoms with van der Waals surface area (Å²) in [4.78, 5) is 22.9. The van der Waals surface area contributed by atoms with Crippen molar-refractivity contribution in [2.45, 2.75) is 40.2 Å². The Hall–Kier alpha value is -2.04. The van der Waals surface area contributed by atoms with Gasteiger partial charge in [0.2, 0.25) is 0 Å². The minimum atomic E-state index is -1.02. The predicted octanol–water partition coefficient (Wildman–Crippen LogP) is 2.30. The molecule has 5 heteroatoms. The second kappa shape index (κ2) is 7.67. The van der Waals surface area contributed by atoms with Crippen molar-refractivity contribution in [3.05, 3.63) is 29.3 Å². The van der Waals surface area contributed by atoms with Gasteiger partial charge in [-0.15, -0.1) is 0 Å². The van der Waals surface area contributed by atoms with Gasteiger partial charge in [0.15, 0.2) is 6.61 Å². The molecule has 1 atom stereocenters. The third-order valence-electron chi connectivity index (χ3n) is 2.91. The van der Waals surface area contributed by atoms with Crippen LogP contribution in [-0.4, -0.2) is 29.6 Å². The zero-order valence-electron chi connectivity index (χ0n) is 13.0. The number of benzene rings is 1. The number of ether oxygens (including phenoxy) is 1. The first-order valence-electron chi connectivity index (χ1n) is 7.01. The van der Waals surface area contributed by atoms with Crippen molar-refractivity contribution in [2.24, 2.45) is 5.92 Å². The largest absolute Gasteiger partial charge is 0.484 e. The molecule has 1 aromatic rings. The van der Waals surface area contributed by atoms with E-state index >= 15 is 0 Å². The molecular formula is C16H23NO4. The Bertz CT molecular complexity index is 491. The van der Waals surface area contributed by atoms with Crippen molar-refractivity contribution in [3.63, 3.8) is 0 Å². The molecule has 0 saturated heterocycles. The van der Waals surface area contributed by atoms with E-state index in [2.05, 4.69) is 5.32 Å². The Morgan fingerprint density at radius 3 is 2.24 bits per heavy atom. The fraction of sp³-hybridized carbons (Fsp3) is 0.500. The van der Waals surface area contributed by atoms with E-state index in [9.17, 15) is 9.59 Å². The number of hydrogen-bond acceptors (Lipinski definition) is 3. The van der Waals surface area contributed by atoms with E-state index < -0.39 is 17.9 Å². The number of aliphatic carboxylic acids is 1. The first-order chi connectivity index (χ1) is 9.77. The Morgan fingerprint density at radius 2 is 1.76 bits per heavy atom. The number of aryl methyl sites for hydroxylation is 2. The summed E-state index contributed by atoms with van der Waals surface area (Å²) in [5.41, 5.74) is 2.10. The Kier molecular flexibility index (Phi) is 6.21. The van der Waals surface area contributed by atoms with Gasteiger partial charge >= 0.3 is 5.97 Å². The summed E-state index contributed by atoms with van der Waals surface area (Å²) in [5, 5.41) is 11.6. The molecule has 0 aliphatic carbocycles. The fourth-order valence-corrected chi connectivity index (χ4v) is 2.09. The van der Waals surface area contributed by atoms with Crippen LogP contribution in [0.3, 0.4) is 0 Å². The second-order valence-electron chi connectivity index (χ2n) is 5.70. The lowest BCUT2D eigenvalue weighted by Crippen LogP contribution is -2.43. The standard InChI is InChI=1S/C16H23NO4/c1-10(2)5-14(16(19)20)17-15(18)9-21-13-7-11(3)6-12(4)8-13/h6-8,10,14H,5,9H2,1-4H3,(H,17,18)(H,19,20). The third kappa shape index (κ3) is 6.29. The lowest BCUT2D eigenvalue weighted by molar-refractivity contribution is -0.142. The first-order valence-corrected chi connectivity index (χ1v) is 7.01. The molecule has 2 N–H and O–H groups in total. The van der Waals surface area contributed by atoms with Crippen molar-refractivity contribution in [3.8, 4) is 5.75 Å². The number of nitrogens with one attached hydrogen (secondary N) is 1. The number of carboxylic acid groups (broad SMARTS) is 1. The highest BCUT2D eigenvalue weighted by Crippen LogP contribution is 2.16. The Balaban J connectivity index is 2.54. The van der Waals surface area contributed by atoms with E-state index in [-0.39, 0.29) is 12.5 Å². The van der Waals surface area contributed by atoms with Crippen LogP contribution in [-0.2, 0) is 9.59 Å². The van der Waals surface area contributed by atoms with E-state index in [1.165, 1.54) is 0 Å². The number of carbonyl (C=O) groups is 2. The highest BCUT2D eigenvalue weighted by molar-refractivity contribution is 5.84. The van der Waals surface area contributed by atoms with Crippen LogP contribution in [0.2, 0.25) is 0 Å². The number of carboxylic acids is 1. The van der Waals surface area contributed by atoms with Gasteiger partial charge in [0.25, 0.3) is 5.91 Å². The summed E-state index contributed by atoms with van der Waals surface area (Å²) in [6.45, 7) is 7.53. The molecule has 1 aromatic carbocycles. The Morgan fingerprint density at radius 1 is 1.19 bits per heavy atom. The van der Waals surface area contributed by atoms with Crippen LogP contribution >= 0.6 is 0 Å². The van der Waals surface area contributed by atoms with Crippen molar-refractivity contribution >= 4 is 11.9 Å². The molecule has 0 fully saturated rings. The average Bonchev–Trinajstić information content (AvgIpc) is 2.33. The molecule has 0 aliphatic heterocycles. The van der Waals surface area contributed by atoms with E-state index in [1.807, 2.05) is 45.9 Å². The summed E-state index contributed by atoms with van der Waals surface area (Å²) in [5.74, 6) is -0.657. The highest BCUT2D eigenvalue weighted by Gasteiger charge is 2.21. The van der Waals surface area contributed by atoms with Crippen molar-refractivity contribution in [2.75, 3.05) is 6.61 Å². The summed E-state index contributed by atoms with van der Waals surface area (Å²) in [6, 6.07) is 4.81. The summed E-state index contributed by atoms with van der Waals surface area (Å²) in [6.07, 6.45) is 0.393. The lowest BCUT2D eigenvalue weighted by atomic mass is 10.0. The third-order valence-corrected chi connectivity index (χ3v) is 2.91. The van der Waals surface area contributed by atoms with E-state index in [0.29, 0.717) is 12.2 Å². The van der Waals surface area contributed by atoms with Crippen LogP contribution < -0.4 is 10.1 Å². The van der Waals surface area contributed by atoms with E-state index in [0.717, 1.165) is 11.1 Å². The summed E-state index contributed by atoms with van der Waals surface area (Å²) in [7, 11) is 0. The minimum absolute atomic E-state index is 0.187. The van der Waals surface area contributed by atoms with Gasteiger partial charge in [-0.05, 0) is 49.4 Å². The quantitative estimate of drug-likeness (QED) is 0.809. The number of rotatable bonds is 7. The smallest absolute Gasteiger partial charge is 0.326 e. The van der Waals surface area contributed by atoms with Crippen molar-refractivity contribution in [1.82, 2.24) is 5.32 Å². The van der Waals surface area contributed by atoms with Gasteiger partial charge in [0, 0.05) is 0 Å². The van der Waals surface area contributed by atoms with Gasteiger partial charge in [0.1, 0.15) is 11.8 Å². The van der Waals surface area contributed by atoms with Gasteiger partial charge < -0.3 is 15.2 Å². The molecule has 1 amide bonds. The van der Waals surface area contributed by atoms with Gasteiger partial charge in [-0.25, -0.2) is 4.79 Å². The maximum atomic E-state index is 11.8. The molecule has 1 unspecified atom stereocenters. The maximum absolute atomic E-state index is 11.8. The number of carbonyl (C=O) groups excluding carboxylic acids is 1. The molecule has 0 bridgehead atoms. The molecule has 0 saturated carbocycles. The van der Waals surface area contributed by atoms with Crippen molar-refractivity contribution in [1.29, 1.82) is 0 Å². The molecule has 0 heterocycles. The maximum Gasteiger partial charge on any atom is 0.326 e. The highest BCUT2D eigenvalue weighted by atomic mass is 16.5. The van der Waals surface area contributed by atoms with E-state index in [1.54, 1.807) is 0 Å². The SMILES string of the molecule is Cc1cc(C)cc(OCC(=O)NC(CC(C)C)C(=O)O)c1. The molecule has 1 rings (SSSR count). The second-order valence-corrected chi connectivity index (χ2v) is 5.70. The van der Waals surface area contributed by atoms with Crippen LogP contribution in [0.25, 0.3) is 0 Å². The summed E-state index contributed by atoms with van der Waals surface area (Å²) < 4.78 is 5.41. The lowest BCUT2D eigenvalue weighted by Gasteiger charge is -2.16. The monoisotopic (exact) mass is 293 g/mol. The van der Waals surface area contributed by atoms with Crippen LogP contribution in [0.5, 0.6) is 5.75 Å². The number of amides is 1. The van der Waals surface area contributed by atoms with Gasteiger partial charge in [-0.3, -0.25) is 4.79 Å². The summed E-state index contributed by atoms with van der Waals surface area (Å²) >= 11 is 0. The predicted molar refractivity (Wildman–Crippen MR) is 80.4 cm³/mol. The molecule has 5 nitrogen and oxygen atoms in total. The Labute approximate surface area is 125 Å². The van der Waals surface area contributed by atoms with Crippen LogP contribution in [0.15, 0.2) is 18.2 Å². The molecule has 0 aliphatic rings. The molecule has 21 heavy (non-hydrogen) atoms. The molecule has 0 spiro atoms. The normalized spacial score (nSPS) is 12.0. The van der Waals surface area contributed by atoms with Gasteiger partial charge in [-0.2, -0.15) is 0 Å². The van der Waals surface area contributed by atoms with Crippen LogP contribution in [0.4, 0.5) is 0 Å². The fourth-order valence-electron chi connectivity index (χ4n) is 2.09. The van der Waals surface area contributed by atoms with Crippen LogP contribution in [0.1, 0.15) is 31.4 Å². The topological polar surface area (TPSA) is 75.6 Å². The van der Waals surface area contributed by atoms with Gasteiger partial charge in [-0.1, -0.05) is 19.9 Å². The van der Waals surface area contributed by atoms with Crippen LogP contribution in [0, 0.1) is 19.8 Å². The minimum Gasteiger partial charge on any atom is -0.484 e. The molecule has 0 aromatic heterocycles. The average molecular weight is 293 g/mol. The zero-order valence-corrected chi connectivity index (χ0v) is 13.0. The molecule has 0 radical (unpaired) electrons. The van der Waals surface area contributed by atoms with Gasteiger partial charge in [0.05, 0.1) is 0 Å². The van der Waals surface area contributed by atoms with E-state index in [4.69, 9.17) is 9.84 Å². The van der Waals surface area contributed by atoms with Crippen molar-refractivity contribution < 1.29 is 19.4 Å². The number of hydrogen-bond donors (Lipinski definition) is 2.